The van der Waals surface area contributed by atoms with Crippen LogP contribution in [0, 0.1) is 11.3 Å². The van der Waals surface area contributed by atoms with Crippen molar-refractivity contribution >= 4 is 5.82 Å². The monoisotopic (exact) mass is 340 g/mol. The minimum Gasteiger partial charge on any atom is -0.379 e. The van der Waals surface area contributed by atoms with Crippen LogP contribution in [0.3, 0.4) is 0 Å². The molecule has 8 heteroatoms. The highest BCUT2D eigenvalue weighted by atomic mass is 19.4. The molecule has 0 bridgehead atoms. The molecule has 3 heterocycles. The highest BCUT2D eigenvalue weighted by Crippen LogP contribution is 2.33. The van der Waals surface area contributed by atoms with E-state index in [1.807, 2.05) is 11.0 Å². The van der Waals surface area contributed by atoms with Crippen LogP contribution in [-0.4, -0.2) is 55.3 Å². The molecule has 0 spiro atoms. The highest BCUT2D eigenvalue weighted by Gasteiger charge is 2.35. The second-order valence-corrected chi connectivity index (χ2v) is 6.08. The van der Waals surface area contributed by atoms with Crippen molar-refractivity contribution in [2.24, 2.45) is 0 Å². The number of rotatable bonds is 3. The molecule has 130 valence electrons. The van der Waals surface area contributed by atoms with Gasteiger partial charge in [0.1, 0.15) is 17.6 Å². The van der Waals surface area contributed by atoms with Gasteiger partial charge in [-0.1, -0.05) is 0 Å². The second-order valence-electron chi connectivity index (χ2n) is 6.08. The molecule has 0 saturated carbocycles. The number of hydrogen-bond donors (Lipinski definition) is 0. The van der Waals surface area contributed by atoms with Gasteiger partial charge in [0.05, 0.1) is 18.8 Å². The fourth-order valence-electron chi connectivity index (χ4n) is 3.30. The van der Waals surface area contributed by atoms with E-state index in [0.29, 0.717) is 19.8 Å². The van der Waals surface area contributed by atoms with Gasteiger partial charge in [0.25, 0.3) is 0 Å². The van der Waals surface area contributed by atoms with Gasteiger partial charge in [0.15, 0.2) is 0 Å². The summed E-state index contributed by atoms with van der Waals surface area (Å²) in [7, 11) is 0. The van der Waals surface area contributed by atoms with Gasteiger partial charge in [-0.15, -0.1) is 0 Å². The Hall–Kier alpha value is -1.85. The van der Waals surface area contributed by atoms with E-state index < -0.39 is 11.9 Å². The summed E-state index contributed by atoms with van der Waals surface area (Å²) in [4.78, 5) is 7.90. The summed E-state index contributed by atoms with van der Waals surface area (Å²) in [6.07, 6.45) is -2.74. The Kier molecular flexibility index (Phi) is 4.92. The summed E-state index contributed by atoms with van der Waals surface area (Å²) in [6, 6.07) is 4.13. The number of aromatic nitrogens is 1. The fourth-order valence-corrected chi connectivity index (χ4v) is 3.30. The molecule has 2 fully saturated rings. The van der Waals surface area contributed by atoms with Crippen molar-refractivity contribution < 1.29 is 17.9 Å². The molecule has 2 aliphatic rings. The van der Waals surface area contributed by atoms with Gasteiger partial charge in [-0.2, -0.15) is 18.4 Å². The number of alkyl halides is 3. The first kappa shape index (κ1) is 17.0. The zero-order valence-corrected chi connectivity index (χ0v) is 13.2. The molecule has 0 unspecified atom stereocenters. The summed E-state index contributed by atoms with van der Waals surface area (Å²) in [5.74, 6) is 0.156. The predicted molar refractivity (Wildman–Crippen MR) is 81.6 cm³/mol. The Morgan fingerprint density at radius 1 is 1.25 bits per heavy atom. The second kappa shape index (κ2) is 6.95. The number of nitrogens with zero attached hydrogens (tertiary/aromatic N) is 4. The lowest BCUT2D eigenvalue weighted by Gasteiger charge is -2.33. The smallest absolute Gasteiger partial charge is 0.379 e. The maximum atomic E-state index is 13.0. The highest BCUT2D eigenvalue weighted by molar-refractivity contribution is 5.56. The molecule has 0 radical (unpaired) electrons. The molecule has 24 heavy (non-hydrogen) atoms. The zero-order valence-electron chi connectivity index (χ0n) is 13.2. The Morgan fingerprint density at radius 3 is 2.67 bits per heavy atom. The standard InChI is InChI=1S/C16H19F3N4O/c17-16(18,19)14-4-3-12(10-20)15(21-14)23-5-1-2-13(23)11-22-6-8-24-9-7-22/h3-4,13H,1-2,5-9,11H2/t13-/m0/s1. The van der Waals surface area contributed by atoms with Crippen molar-refractivity contribution in [3.8, 4) is 6.07 Å². The van der Waals surface area contributed by atoms with Gasteiger partial charge in [0.2, 0.25) is 0 Å². The third-order valence-corrected chi connectivity index (χ3v) is 4.51. The number of nitriles is 1. The van der Waals surface area contributed by atoms with Crippen molar-refractivity contribution in [1.29, 1.82) is 5.26 Å². The number of halogens is 3. The van der Waals surface area contributed by atoms with Gasteiger partial charge >= 0.3 is 6.18 Å². The Bertz CT molecular complexity index is 623. The molecule has 0 aromatic carbocycles. The van der Waals surface area contributed by atoms with Crippen LogP contribution in [-0.2, 0) is 10.9 Å². The van der Waals surface area contributed by atoms with Crippen molar-refractivity contribution in [3.63, 3.8) is 0 Å². The van der Waals surface area contributed by atoms with Crippen molar-refractivity contribution in [1.82, 2.24) is 9.88 Å². The summed E-state index contributed by atoms with van der Waals surface area (Å²) in [6.45, 7) is 4.39. The average molecular weight is 340 g/mol. The van der Waals surface area contributed by atoms with E-state index in [1.165, 1.54) is 6.07 Å². The number of pyridine rings is 1. The van der Waals surface area contributed by atoms with Crippen LogP contribution in [0.1, 0.15) is 24.1 Å². The average Bonchev–Trinajstić information content (AvgIpc) is 3.02. The van der Waals surface area contributed by atoms with E-state index in [0.717, 1.165) is 38.5 Å². The van der Waals surface area contributed by atoms with Crippen LogP contribution in [0.25, 0.3) is 0 Å². The number of anilines is 1. The van der Waals surface area contributed by atoms with Crippen LogP contribution in [0.5, 0.6) is 0 Å². The summed E-state index contributed by atoms with van der Waals surface area (Å²) < 4.78 is 44.3. The first-order valence-corrected chi connectivity index (χ1v) is 8.04. The van der Waals surface area contributed by atoms with Crippen LogP contribution >= 0.6 is 0 Å². The third kappa shape index (κ3) is 3.62. The van der Waals surface area contributed by atoms with Gasteiger partial charge in [-0.05, 0) is 25.0 Å². The van der Waals surface area contributed by atoms with Crippen LogP contribution in [0.2, 0.25) is 0 Å². The van der Waals surface area contributed by atoms with Gasteiger partial charge in [0, 0.05) is 32.2 Å². The topological polar surface area (TPSA) is 52.4 Å². The van der Waals surface area contributed by atoms with E-state index in [1.54, 1.807) is 0 Å². The van der Waals surface area contributed by atoms with Crippen LogP contribution in [0.4, 0.5) is 19.0 Å². The van der Waals surface area contributed by atoms with E-state index in [2.05, 4.69) is 9.88 Å². The summed E-state index contributed by atoms with van der Waals surface area (Å²) >= 11 is 0. The van der Waals surface area contributed by atoms with Crippen molar-refractivity contribution in [2.45, 2.75) is 25.1 Å². The molecule has 0 amide bonds. The van der Waals surface area contributed by atoms with E-state index in [9.17, 15) is 18.4 Å². The molecule has 1 atom stereocenters. The number of hydrogen-bond acceptors (Lipinski definition) is 5. The SMILES string of the molecule is N#Cc1ccc(C(F)(F)F)nc1N1CCC[C@H]1CN1CCOCC1. The van der Waals surface area contributed by atoms with Crippen molar-refractivity contribution in [2.75, 3.05) is 44.3 Å². The molecule has 2 saturated heterocycles. The Labute approximate surface area is 138 Å². The maximum Gasteiger partial charge on any atom is 0.433 e. The minimum absolute atomic E-state index is 0.0752. The van der Waals surface area contributed by atoms with Crippen LogP contribution in [0.15, 0.2) is 12.1 Å². The molecule has 1 aromatic heterocycles. The van der Waals surface area contributed by atoms with Crippen LogP contribution < -0.4 is 4.90 Å². The lowest BCUT2D eigenvalue weighted by atomic mass is 10.1. The third-order valence-electron chi connectivity index (χ3n) is 4.51. The van der Waals surface area contributed by atoms with Gasteiger partial charge in [-0.25, -0.2) is 4.98 Å². The zero-order chi connectivity index (χ0) is 17.2. The Balaban J connectivity index is 1.84. The first-order chi connectivity index (χ1) is 11.5. The molecule has 5 nitrogen and oxygen atoms in total. The lowest BCUT2D eigenvalue weighted by Crippen LogP contribution is -2.45. The number of ether oxygens (including phenoxy) is 1. The first-order valence-electron chi connectivity index (χ1n) is 8.04. The molecular weight excluding hydrogens is 321 g/mol. The van der Waals surface area contributed by atoms with E-state index in [-0.39, 0.29) is 17.4 Å². The molecule has 2 aliphatic heterocycles. The normalized spacial score (nSPS) is 22.6. The minimum atomic E-state index is -4.51. The quantitative estimate of drug-likeness (QED) is 0.845. The molecule has 0 aliphatic carbocycles. The van der Waals surface area contributed by atoms with Gasteiger partial charge in [-0.3, -0.25) is 4.90 Å². The molecule has 0 N–H and O–H groups in total. The summed E-state index contributed by atoms with van der Waals surface area (Å²) in [5, 5.41) is 9.26. The molecule has 3 rings (SSSR count). The Morgan fingerprint density at radius 2 is 2.00 bits per heavy atom. The lowest BCUT2D eigenvalue weighted by molar-refractivity contribution is -0.141. The fraction of sp³-hybridized carbons (Fsp3) is 0.625. The molecular formula is C16H19F3N4O. The predicted octanol–water partition coefficient (Wildman–Crippen LogP) is 2.27. The number of morpholine rings is 1. The maximum absolute atomic E-state index is 13.0. The van der Waals surface area contributed by atoms with E-state index >= 15 is 0 Å². The van der Waals surface area contributed by atoms with E-state index in [4.69, 9.17) is 4.74 Å². The summed E-state index contributed by atoms with van der Waals surface area (Å²) in [5.41, 5.74) is -0.759. The largest absolute Gasteiger partial charge is 0.433 e. The van der Waals surface area contributed by atoms with Gasteiger partial charge < -0.3 is 9.64 Å². The molecule has 1 aromatic rings. The van der Waals surface area contributed by atoms with Crippen molar-refractivity contribution in [3.05, 3.63) is 23.4 Å².